The molecular weight excluding hydrogens is 280 g/mol. The standard InChI is InChI=1S/C15H21F2NO3/c1-3-9-18-12(15(19)20-4-2)8-10-21-13-7-5-6-11(16)14(13)17/h5-7,12,18H,3-4,8-10H2,1-2H3. The lowest BCUT2D eigenvalue weighted by atomic mass is 10.2. The molecule has 0 fully saturated rings. The lowest BCUT2D eigenvalue weighted by Crippen LogP contribution is -2.39. The van der Waals surface area contributed by atoms with Gasteiger partial charge in [0.2, 0.25) is 5.82 Å². The Morgan fingerprint density at radius 3 is 2.76 bits per heavy atom. The third kappa shape index (κ3) is 5.67. The predicted molar refractivity (Wildman–Crippen MR) is 75.2 cm³/mol. The molecule has 0 aromatic heterocycles. The SMILES string of the molecule is CCCNC(CCOc1cccc(F)c1F)C(=O)OCC. The first-order valence-corrected chi connectivity index (χ1v) is 7.07. The van der Waals surface area contributed by atoms with Crippen molar-refractivity contribution in [2.24, 2.45) is 0 Å². The molecule has 1 rings (SSSR count). The minimum absolute atomic E-state index is 0.0839. The number of rotatable bonds is 9. The van der Waals surface area contributed by atoms with Crippen molar-refractivity contribution in [1.82, 2.24) is 5.32 Å². The van der Waals surface area contributed by atoms with Crippen LogP contribution in [-0.2, 0) is 9.53 Å². The third-order valence-corrected chi connectivity index (χ3v) is 2.79. The maximum atomic E-state index is 13.4. The van der Waals surface area contributed by atoms with Crippen LogP contribution in [0.3, 0.4) is 0 Å². The van der Waals surface area contributed by atoms with Crippen LogP contribution in [-0.4, -0.2) is 31.8 Å². The van der Waals surface area contributed by atoms with E-state index >= 15 is 0 Å². The second-order valence-corrected chi connectivity index (χ2v) is 4.45. The Morgan fingerprint density at radius 1 is 1.33 bits per heavy atom. The average Bonchev–Trinajstić information content (AvgIpc) is 2.47. The molecule has 1 atom stereocenters. The maximum Gasteiger partial charge on any atom is 0.323 e. The first-order valence-electron chi connectivity index (χ1n) is 7.07. The quantitative estimate of drug-likeness (QED) is 0.712. The molecule has 0 saturated heterocycles. The summed E-state index contributed by atoms with van der Waals surface area (Å²) in [4.78, 5) is 11.7. The average molecular weight is 301 g/mol. The molecule has 0 spiro atoms. The summed E-state index contributed by atoms with van der Waals surface area (Å²) in [5.74, 6) is -2.51. The van der Waals surface area contributed by atoms with Crippen molar-refractivity contribution in [2.45, 2.75) is 32.7 Å². The highest BCUT2D eigenvalue weighted by Crippen LogP contribution is 2.19. The first kappa shape index (κ1) is 17.4. The lowest BCUT2D eigenvalue weighted by Gasteiger charge is -2.17. The molecule has 1 N–H and O–H groups in total. The van der Waals surface area contributed by atoms with Crippen LogP contribution in [0.5, 0.6) is 5.75 Å². The number of nitrogens with one attached hydrogen (secondary N) is 1. The summed E-state index contributed by atoms with van der Waals surface area (Å²) in [6.07, 6.45) is 1.18. The fraction of sp³-hybridized carbons (Fsp3) is 0.533. The minimum atomic E-state index is -1.02. The number of benzene rings is 1. The summed E-state index contributed by atoms with van der Waals surface area (Å²) < 4.78 is 36.6. The zero-order chi connectivity index (χ0) is 15.7. The molecule has 6 heteroatoms. The Kier molecular flexibility index (Phi) is 7.68. The van der Waals surface area contributed by atoms with Gasteiger partial charge in [-0.15, -0.1) is 0 Å². The van der Waals surface area contributed by atoms with Crippen LogP contribution in [0.25, 0.3) is 0 Å². The topological polar surface area (TPSA) is 47.6 Å². The molecule has 1 unspecified atom stereocenters. The van der Waals surface area contributed by atoms with E-state index in [9.17, 15) is 13.6 Å². The van der Waals surface area contributed by atoms with Crippen molar-refractivity contribution in [1.29, 1.82) is 0 Å². The maximum absolute atomic E-state index is 13.4. The van der Waals surface area contributed by atoms with E-state index in [0.717, 1.165) is 12.5 Å². The summed E-state index contributed by atoms with van der Waals surface area (Å²) >= 11 is 0. The molecule has 118 valence electrons. The van der Waals surface area contributed by atoms with E-state index in [-0.39, 0.29) is 18.3 Å². The molecule has 0 aliphatic carbocycles. The minimum Gasteiger partial charge on any atom is -0.490 e. The van der Waals surface area contributed by atoms with Crippen molar-refractivity contribution in [3.63, 3.8) is 0 Å². The van der Waals surface area contributed by atoms with Gasteiger partial charge < -0.3 is 14.8 Å². The summed E-state index contributed by atoms with van der Waals surface area (Å²) in [6, 6.07) is 3.22. The van der Waals surface area contributed by atoms with E-state index in [1.165, 1.54) is 12.1 Å². The van der Waals surface area contributed by atoms with Crippen molar-refractivity contribution in [2.75, 3.05) is 19.8 Å². The molecule has 0 saturated carbocycles. The molecule has 0 heterocycles. The molecular formula is C15H21F2NO3. The summed E-state index contributed by atoms with van der Waals surface area (Å²) in [7, 11) is 0. The highest BCUT2D eigenvalue weighted by Gasteiger charge is 2.19. The number of halogens is 2. The molecule has 0 amide bonds. The van der Waals surface area contributed by atoms with Crippen LogP contribution in [0.2, 0.25) is 0 Å². The number of hydrogen-bond acceptors (Lipinski definition) is 4. The van der Waals surface area contributed by atoms with Crippen LogP contribution >= 0.6 is 0 Å². The van der Waals surface area contributed by atoms with Crippen LogP contribution < -0.4 is 10.1 Å². The van der Waals surface area contributed by atoms with Crippen LogP contribution in [0.4, 0.5) is 8.78 Å². The Bertz CT molecular complexity index is 455. The second-order valence-electron chi connectivity index (χ2n) is 4.45. The zero-order valence-electron chi connectivity index (χ0n) is 12.3. The van der Waals surface area contributed by atoms with Crippen molar-refractivity contribution in [3.8, 4) is 5.75 Å². The highest BCUT2D eigenvalue weighted by atomic mass is 19.2. The van der Waals surface area contributed by atoms with E-state index in [1.807, 2.05) is 6.92 Å². The molecule has 0 aliphatic rings. The number of esters is 1. The monoisotopic (exact) mass is 301 g/mol. The van der Waals surface area contributed by atoms with Gasteiger partial charge >= 0.3 is 5.97 Å². The summed E-state index contributed by atoms with van der Waals surface area (Å²) in [5, 5.41) is 3.04. The Balaban J connectivity index is 2.52. The van der Waals surface area contributed by atoms with Crippen LogP contribution in [0, 0.1) is 11.6 Å². The molecule has 0 bridgehead atoms. The number of carbonyl (C=O) groups is 1. The fourth-order valence-corrected chi connectivity index (χ4v) is 1.75. The van der Waals surface area contributed by atoms with Crippen LogP contribution in [0.15, 0.2) is 18.2 Å². The van der Waals surface area contributed by atoms with Gasteiger partial charge in [0.1, 0.15) is 6.04 Å². The van der Waals surface area contributed by atoms with Gasteiger partial charge in [-0.1, -0.05) is 13.0 Å². The fourth-order valence-electron chi connectivity index (χ4n) is 1.75. The Labute approximate surface area is 123 Å². The number of ether oxygens (including phenoxy) is 2. The lowest BCUT2D eigenvalue weighted by molar-refractivity contribution is -0.146. The van der Waals surface area contributed by atoms with E-state index in [2.05, 4.69) is 5.32 Å². The zero-order valence-corrected chi connectivity index (χ0v) is 12.3. The molecule has 21 heavy (non-hydrogen) atoms. The smallest absolute Gasteiger partial charge is 0.323 e. The molecule has 0 radical (unpaired) electrons. The molecule has 1 aromatic carbocycles. The largest absolute Gasteiger partial charge is 0.490 e. The first-order chi connectivity index (χ1) is 10.1. The van der Waals surface area contributed by atoms with Gasteiger partial charge in [0.05, 0.1) is 13.2 Å². The molecule has 1 aromatic rings. The van der Waals surface area contributed by atoms with Gasteiger partial charge in [0.15, 0.2) is 11.6 Å². The van der Waals surface area contributed by atoms with Crippen molar-refractivity contribution in [3.05, 3.63) is 29.8 Å². The van der Waals surface area contributed by atoms with Gasteiger partial charge in [-0.25, -0.2) is 4.39 Å². The Hall–Kier alpha value is -1.69. The van der Waals surface area contributed by atoms with E-state index in [4.69, 9.17) is 9.47 Å². The van der Waals surface area contributed by atoms with Crippen molar-refractivity contribution >= 4 is 5.97 Å². The van der Waals surface area contributed by atoms with E-state index in [1.54, 1.807) is 6.92 Å². The number of hydrogen-bond donors (Lipinski definition) is 1. The molecule has 0 aliphatic heterocycles. The normalized spacial score (nSPS) is 12.0. The summed E-state index contributed by atoms with van der Waals surface area (Å²) in [5.41, 5.74) is 0. The van der Waals surface area contributed by atoms with Gasteiger partial charge in [0.25, 0.3) is 0 Å². The Morgan fingerprint density at radius 2 is 2.10 bits per heavy atom. The molecule has 4 nitrogen and oxygen atoms in total. The van der Waals surface area contributed by atoms with E-state index < -0.39 is 17.7 Å². The van der Waals surface area contributed by atoms with Gasteiger partial charge in [-0.05, 0) is 32.0 Å². The van der Waals surface area contributed by atoms with E-state index in [0.29, 0.717) is 19.6 Å². The van der Waals surface area contributed by atoms with Crippen LogP contribution in [0.1, 0.15) is 26.7 Å². The number of carbonyl (C=O) groups excluding carboxylic acids is 1. The van der Waals surface area contributed by atoms with Gasteiger partial charge in [-0.2, -0.15) is 4.39 Å². The summed E-state index contributed by atoms with van der Waals surface area (Å²) in [6.45, 7) is 4.75. The highest BCUT2D eigenvalue weighted by molar-refractivity contribution is 5.75. The van der Waals surface area contributed by atoms with Gasteiger partial charge in [-0.3, -0.25) is 4.79 Å². The van der Waals surface area contributed by atoms with Gasteiger partial charge in [0, 0.05) is 6.42 Å². The second kappa shape index (κ2) is 9.28. The third-order valence-electron chi connectivity index (χ3n) is 2.79. The predicted octanol–water partition coefficient (Wildman–Crippen LogP) is 2.67. The van der Waals surface area contributed by atoms with Crippen molar-refractivity contribution < 1.29 is 23.0 Å².